The molecular formula is C26H38F2N2O. The van der Waals surface area contributed by atoms with E-state index >= 15 is 0 Å². The van der Waals surface area contributed by atoms with E-state index in [1.165, 1.54) is 44.9 Å². The molecule has 0 saturated heterocycles. The van der Waals surface area contributed by atoms with E-state index < -0.39 is 12.3 Å². The maximum Gasteiger partial charge on any atom is 0.165 e. The first-order valence-electron chi connectivity index (χ1n) is 12.0. The molecule has 0 fully saturated rings. The van der Waals surface area contributed by atoms with Gasteiger partial charge in [0.2, 0.25) is 0 Å². The average molecular weight is 433 g/mol. The van der Waals surface area contributed by atoms with Crippen LogP contribution in [0.5, 0.6) is 5.75 Å². The molecule has 1 aromatic heterocycles. The van der Waals surface area contributed by atoms with Crippen LogP contribution in [0.1, 0.15) is 83.6 Å². The monoisotopic (exact) mass is 432 g/mol. The molecule has 0 bridgehead atoms. The number of hydrogen-bond donors (Lipinski definition) is 0. The molecule has 0 spiro atoms. The van der Waals surface area contributed by atoms with Crippen LogP contribution in [0.25, 0.3) is 11.4 Å². The van der Waals surface area contributed by atoms with Crippen molar-refractivity contribution in [3.05, 3.63) is 42.2 Å². The molecule has 3 nitrogen and oxygen atoms in total. The number of aromatic nitrogens is 2. The largest absolute Gasteiger partial charge is 0.490 e. The lowest BCUT2D eigenvalue weighted by atomic mass is 10.1. The number of hydrogen-bond acceptors (Lipinski definition) is 3. The molecule has 5 heteroatoms. The average Bonchev–Trinajstić information content (AvgIpc) is 2.81. The van der Waals surface area contributed by atoms with Gasteiger partial charge in [-0.05, 0) is 49.1 Å². The minimum Gasteiger partial charge on any atom is -0.490 e. The van der Waals surface area contributed by atoms with E-state index in [4.69, 9.17) is 4.74 Å². The Morgan fingerprint density at radius 3 is 2.03 bits per heavy atom. The molecule has 2 rings (SSSR count). The predicted molar refractivity (Wildman–Crippen MR) is 124 cm³/mol. The normalized spacial score (nSPS) is 13.2. The second kappa shape index (κ2) is 14.9. The van der Waals surface area contributed by atoms with Crippen LogP contribution in [0.3, 0.4) is 0 Å². The molecule has 0 amide bonds. The Bertz CT molecular complexity index is 706. The van der Waals surface area contributed by atoms with Gasteiger partial charge in [-0.1, -0.05) is 65.2 Å². The predicted octanol–water partition coefficient (Wildman–Crippen LogP) is 7.68. The van der Waals surface area contributed by atoms with Crippen molar-refractivity contribution in [3.8, 4) is 17.1 Å². The zero-order chi connectivity index (χ0) is 22.3. The van der Waals surface area contributed by atoms with Crippen LogP contribution in [-0.4, -0.2) is 28.9 Å². The van der Waals surface area contributed by atoms with Crippen LogP contribution in [0.2, 0.25) is 0 Å². The molecule has 0 aliphatic heterocycles. The first-order chi connectivity index (χ1) is 15.1. The zero-order valence-electron chi connectivity index (χ0n) is 19.2. The second-order valence-electron chi connectivity index (χ2n) is 8.30. The van der Waals surface area contributed by atoms with Gasteiger partial charge in [0.15, 0.2) is 12.0 Å². The highest BCUT2D eigenvalue weighted by Crippen LogP contribution is 2.21. The van der Waals surface area contributed by atoms with Crippen LogP contribution in [-0.2, 0) is 6.42 Å². The summed E-state index contributed by atoms with van der Waals surface area (Å²) in [6, 6.07) is 7.18. The van der Waals surface area contributed by atoms with Gasteiger partial charge >= 0.3 is 0 Å². The highest BCUT2D eigenvalue weighted by molar-refractivity contribution is 5.55. The van der Waals surface area contributed by atoms with Gasteiger partial charge in [-0.3, -0.25) is 0 Å². The van der Waals surface area contributed by atoms with Gasteiger partial charge in [-0.2, -0.15) is 0 Å². The van der Waals surface area contributed by atoms with Gasteiger partial charge in [-0.25, -0.2) is 18.7 Å². The molecule has 2 aromatic rings. The Hall–Kier alpha value is -2.04. The maximum atomic E-state index is 13.8. The van der Waals surface area contributed by atoms with Gasteiger partial charge < -0.3 is 4.74 Å². The zero-order valence-corrected chi connectivity index (χ0v) is 19.2. The fourth-order valence-electron chi connectivity index (χ4n) is 3.48. The first-order valence-corrected chi connectivity index (χ1v) is 12.0. The number of ether oxygens (including phenoxy) is 1. The summed E-state index contributed by atoms with van der Waals surface area (Å²) in [5, 5.41) is 0. The SMILES string of the molecule is CCCCCCCCCc1cnc(-c2ccc(OC[C@@H](F)[C@H](F)CCCC)cc2)nc1. The molecular weight excluding hydrogens is 394 g/mol. The lowest BCUT2D eigenvalue weighted by Gasteiger charge is -2.14. The van der Waals surface area contributed by atoms with Crippen molar-refractivity contribution < 1.29 is 13.5 Å². The number of unbranched alkanes of at least 4 members (excludes halogenated alkanes) is 7. The maximum absolute atomic E-state index is 13.8. The lowest BCUT2D eigenvalue weighted by Crippen LogP contribution is -2.24. The van der Waals surface area contributed by atoms with E-state index in [2.05, 4.69) is 16.9 Å². The Kier molecular flexibility index (Phi) is 12.1. The van der Waals surface area contributed by atoms with E-state index in [1.807, 2.05) is 31.5 Å². The molecule has 31 heavy (non-hydrogen) atoms. The Balaban J connectivity index is 1.74. The van der Waals surface area contributed by atoms with Crippen LogP contribution in [0.4, 0.5) is 8.78 Å². The molecule has 0 unspecified atom stereocenters. The first kappa shape index (κ1) is 25.2. The van der Waals surface area contributed by atoms with E-state index in [0.717, 1.165) is 24.0 Å². The molecule has 0 N–H and O–H groups in total. The molecule has 1 aromatic carbocycles. The third kappa shape index (κ3) is 9.75. The van der Waals surface area contributed by atoms with Gasteiger partial charge in [-0.15, -0.1) is 0 Å². The fourth-order valence-corrected chi connectivity index (χ4v) is 3.48. The number of benzene rings is 1. The Morgan fingerprint density at radius 2 is 1.39 bits per heavy atom. The standard InChI is InChI=1S/C26H38F2N2O/c1-3-5-7-8-9-10-11-12-21-18-29-26(30-19-21)22-14-16-23(17-15-22)31-20-25(28)24(27)13-6-4-2/h14-19,24-25H,3-13,20H2,1-2H3/t24-,25-/m1/s1. The van der Waals surface area contributed by atoms with Crippen molar-refractivity contribution >= 4 is 0 Å². The minimum atomic E-state index is -1.60. The quantitative estimate of drug-likeness (QED) is 0.255. The number of nitrogens with zero attached hydrogens (tertiary/aromatic N) is 2. The summed E-state index contributed by atoms with van der Waals surface area (Å²) in [5.41, 5.74) is 2.04. The fraction of sp³-hybridized carbons (Fsp3) is 0.615. The Morgan fingerprint density at radius 1 is 0.774 bits per heavy atom. The number of rotatable bonds is 16. The van der Waals surface area contributed by atoms with Gasteiger partial charge in [0.1, 0.15) is 18.5 Å². The summed E-state index contributed by atoms with van der Waals surface area (Å²) in [6.07, 6.45) is 12.6. The molecule has 0 aliphatic rings. The third-order valence-corrected chi connectivity index (χ3v) is 5.52. The second-order valence-corrected chi connectivity index (χ2v) is 8.30. The van der Waals surface area contributed by atoms with Crippen molar-refractivity contribution in [2.45, 2.75) is 96.8 Å². The topological polar surface area (TPSA) is 35.0 Å². The third-order valence-electron chi connectivity index (χ3n) is 5.52. The van der Waals surface area contributed by atoms with Crippen molar-refractivity contribution in [1.82, 2.24) is 9.97 Å². The summed E-state index contributed by atoms with van der Waals surface area (Å²) in [5.74, 6) is 1.17. The van der Waals surface area contributed by atoms with Crippen LogP contribution in [0.15, 0.2) is 36.7 Å². The van der Waals surface area contributed by atoms with Gasteiger partial charge in [0, 0.05) is 18.0 Å². The number of alkyl halides is 2. The van der Waals surface area contributed by atoms with Gasteiger partial charge in [0.05, 0.1) is 0 Å². The molecule has 1 heterocycles. The summed E-state index contributed by atoms with van der Waals surface area (Å²) in [4.78, 5) is 8.96. The molecule has 172 valence electrons. The smallest absolute Gasteiger partial charge is 0.165 e. The number of aryl methyl sites for hydroxylation is 1. The van der Waals surface area contributed by atoms with Crippen LogP contribution in [0, 0.1) is 0 Å². The van der Waals surface area contributed by atoms with Crippen LogP contribution >= 0.6 is 0 Å². The van der Waals surface area contributed by atoms with Gasteiger partial charge in [0.25, 0.3) is 0 Å². The highest BCUT2D eigenvalue weighted by atomic mass is 19.2. The van der Waals surface area contributed by atoms with Crippen molar-refractivity contribution in [2.75, 3.05) is 6.61 Å². The van der Waals surface area contributed by atoms with Crippen molar-refractivity contribution in [2.24, 2.45) is 0 Å². The number of halogens is 2. The van der Waals surface area contributed by atoms with Crippen molar-refractivity contribution in [3.63, 3.8) is 0 Å². The van der Waals surface area contributed by atoms with E-state index in [0.29, 0.717) is 18.0 Å². The highest BCUT2D eigenvalue weighted by Gasteiger charge is 2.20. The van der Waals surface area contributed by atoms with E-state index in [1.54, 1.807) is 12.1 Å². The molecule has 0 saturated carbocycles. The van der Waals surface area contributed by atoms with E-state index in [9.17, 15) is 8.78 Å². The molecule has 0 aliphatic carbocycles. The summed E-state index contributed by atoms with van der Waals surface area (Å²) >= 11 is 0. The molecule has 0 radical (unpaired) electrons. The van der Waals surface area contributed by atoms with E-state index in [-0.39, 0.29) is 13.0 Å². The summed E-state index contributed by atoms with van der Waals surface area (Å²) in [7, 11) is 0. The lowest BCUT2D eigenvalue weighted by molar-refractivity contribution is 0.102. The Labute approximate surface area is 186 Å². The molecule has 2 atom stereocenters. The van der Waals surface area contributed by atoms with Crippen molar-refractivity contribution in [1.29, 1.82) is 0 Å². The summed E-state index contributed by atoms with van der Waals surface area (Å²) < 4.78 is 33.0. The van der Waals surface area contributed by atoms with Crippen LogP contribution < -0.4 is 4.74 Å². The summed E-state index contributed by atoms with van der Waals surface area (Å²) in [6.45, 7) is 3.94. The minimum absolute atomic E-state index is 0.242.